The maximum atomic E-state index is 12.4. The first-order valence-electron chi connectivity index (χ1n) is 7.86. The molecule has 22 heavy (non-hydrogen) atoms. The number of hydrogen-bond donors (Lipinski definition) is 0. The largest absolute Gasteiger partial charge is 0.462 e. The molecule has 0 amide bonds. The molecule has 0 fully saturated rings. The minimum Gasteiger partial charge on any atom is -0.462 e. The monoisotopic (exact) mass is 316 g/mol. The molecular weight excluding hydrogens is 288 g/mol. The van der Waals surface area contributed by atoms with Gasteiger partial charge >= 0.3 is 17.5 Å². The summed E-state index contributed by atoms with van der Waals surface area (Å²) < 4.78 is 15.2. The van der Waals surface area contributed by atoms with Crippen LogP contribution in [0.5, 0.6) is 0 Å². The summed E-state index contributed by atoms with van der Waals surface area (Å²) in [7, 11) is 0. The zero-order chi connectivity index (χ0) is 17.2. The molecule has 0 aromatic rings. The smallest absolute Gasteiger partial charge is 0.363 e. The lowest BCUT2D eigenvalue weighted by molar-refractivity contribution is -0.199. The lowest BCUT2D eigenvalue weighted by Crippen LogP contribution is -2.55. The highest BCUT2D eigenvalue weighted by molar-refractivity contribution is 6.05. The van der Waals surface area contributed by atoms with Crippen molar-refractivity contribution in [3.05, 3.63) is 0 Å². The second-order valence-corrected chi connectivity index (χ2v) is 5.57. The Morgan fingerprint density at radius 2 is 1.73 bits per heavy atom. The number of carbonyl (C=O) groups excluding carboxylic acids is 3. The molecule has 2 unspecified atom stereocenters. The molecule has 6 nitrogen and oxygen atoms in total. The second kappa shape index (κ2) is 10.2. The lowest BCUT2D eigenvalue weighted by Gasteiger charge is -2.31. The van der Waals surface area contributed by atoms with E-state index in [4.69, 9.17) is 14.2 Å². The van der Waals surface area contributed by atoms with Gasteiger partial charge in [-0.25, -0.2) is 9.59 Å². The summed E-state index contributed by atoms with van der Waals surface area (Å²) in [6, 6.07) is 0. The average molecular weight is 316 g/mol. The van der Waals surface area contributed by atoms with Gasteiger partial charge in [0, 0.05) is 5.92 Å². The van der Waals surface area contributed by atoms with Crippen LogP contribution in [0.15, 0.2) is 0 Å². The predicted molar refractivity (Wildman–Crippen MR) is 81.0 cm³/mol. The number of ether oxygens (including phenoxy) is 3. The number of unbranched alkanes of at least 4 members (excludes halogenated alkanes) is 2. The molecule has 0 aromatic carbocycles. The van der Waals surface area contributed by atoms with E-state index in [9.17, 15) is 14.4 Å². The van der Waals surface area contributed by atoms with Crippen LogP contribution < -0.4 is 0 Å². The molecular formula is C16H28O6. The number of esters is 2. The van der Waals surface area contributed by atoms with Gasteiger partial charge < -0.3 is 14.2 Å². The first kappa shape index (κ1) is 20.4. The van der Waals surface area contributed by atoms with E-state index in [1.807, 2.05) is 13.8 Å². The van der Waals surface area contributed by atoms with E-state index < -0.39 is 23.5 Å². The zero-order valence-electron chi connectivity index (χ0n) is 14.2. The highest BCUT2D eigenvalue weighted by Crippen LogP contribution is 2.26. The molecule has 0 saturated heterocycles. The van der Waals surface area contributed by atoms with Gasteiger partial charge in [-0.3, -0.25) is 4.79 Å². The third kappa shape index (κ3) is 5.31. The van der Waals surface area contributed by atoms with E-state index in [1.54, 1.807) is 20.8 Å². The lowest BCUT2D eigenvalue weighted by atomic mass is 9.90. The van der Waals surface area contributed by atoms with Gasteiger partial charge in [0.15, 0.2) is 0 Å². The van der Waals surface area contributed by atoms with Crippen LogP contribution in [0.1, 0.15) is 60.3 Å². The summed E-state index contributed by atoms with van der Waals surface area (Å²) in [4.78, 5) is 35.6. The Hall–Kier alpha value is -1.59. The first-order chi connectivity index (χ1) is 10.4. The fourth-order valence-electron chi connectivity index (χ4n) is 1.84. The zero-order valence-corrected chi connectivity index (χ0v) is 14.2. The van der Waals surface area contributed by atoms with Crippen molar-refractivity contribution in [1.82, 2.24) is 0 Å². The van der Waals surface area contributed by atoms with Crippen molar-refractivity contribution in [2.75, 3.05) is 6.61 Å². The Labute approximate surface area is 132 Å². The minimum atomic E-state index is -2.04. The van der Waals surface area contributed by atoms with E-state index in [0.717, 1.165) is 12.8 Å². The number of hydrogen-bond acceptors (Lipinski definition) is 6. The van der Waals surface area contributed by atoms with E-state index in [1.165, 1.54) is 0 Å². The molecule has 0 rings (SSSR count). The summed E-state index contributed by atoms with van der Waals surface area (Å²) >= 11 is 0. The molecule has 0 N–H and O–H groups in total. The molecule has 0 aliphatic carbocycles. The highest BCUT2D eigenvalue weighted by Gasteiger charge is 2.55. The van der Waals surface area contributed by atoms with Gasteiger partial charge in [0.05, 0.1) is 12.7 Å². The van der Waals surface area contributed by atoms with Crippen molar-refractivity contribution in [2.45, 2.75) is 72.0 Å². The van der Waals surface area contributed by atoms with Crippen LogP contribution in [0.2, 0.25) is 0 Å². The maximum absolute atomic E-state index is 12.4. The number of rotatable bonds is 11. The summed E-state index contributed by atoms with van der Waals surface area (Å²) in [5, 5.41) is 0. The molecule has 2 atom stereocenters. The van der Waals surface area contributed by atoms with E-state index >= 15 is 0 Å². The topological polar surface area (TPSA) is 78.9 Å². The van der Waals surface area contributed by atoms with Gasteiger partial charge in [-0.2, -0.15) is 0 Å². The van der Waals surface area contributed by atoms with Crippen molar-refractivity contribution in [2.24, 2.45) is 5.92 Å². The summed E-state index contributed by atoms with van der Waals surface area (Å²) in [5.74, 6) is -2.36. The maximum Gasteiger partial charge on any atom is 0.363 e. The van der Waals surface area contributed by atoms with Gasteiger partial charge in [0.2, 0.25) is 0 Å². The van der Waals surface area contributed by atoms with Crippen molar-refractivity contribution < 1.29 is 28.6 Å². The number of carbonyl (C=O) groups is 3. The van der Waals surface area contributed by atoms with Crippen LogP contribution in [0.4, 0.5) is 0 Å². The molecule has 0 spiro atoms. The van der Waals surface area contributed by atoms with Gasteiger partial charge in [-0.05, 0) is 19.8 Å². The van der Waals surface area contributed by atoms with Crippen LogP contribution in [-0.4, -0.2) is 36.7 Å². The average Bonchev–Trinajstić information content (AvgIpc) is 2.48. The standard InChI is InChI=1S/C16H28O6/c1-6-8-9-10-20-14(18)16(12(3)4,21-11-17)15(19)22-13(5)7-2/h11-13H,6-10H2,1-5H3. The van der Waals surface area contributed by atoms with Gasteiger partial charge in [0.1, 0.15) is 0 Å². The fourth-order valence-corrected chi connectivity index (χ4v) is 1.84. The van der Waals surface area contributed by atoms with Crippen LogP contribution >= 0.6 is 0 Å². The Morgan fingerprint density at radius 1 is 1.09 bits per heavy atom. The Morgan fingerprint density at radius 3 is 2.18 bits per heavy atom. The van der Waals surface area contributed by atoms with Crippen LogP contribution in [0, 0.1) is 5.92 Å². The molecule has 0 bridgehead atoms. The van der Waals surface area contributed by atoms with Crippen molar-refractivity contribution in [1.29, 1.82) is 0 Å². The summed E-state index contributed by atoms with van der Waals surface area (Å²) in [5.41, 5.74) is -2.04. The van der Waals surface area contributed by atoms with E-state index in [2.05, 4.69) is 0 Å². The molecule has 0 saturated carbocycles. The van der Waals surface area contributed by atoms with E-state index in [0.29, 0.717) is 12.8 Å². The SMILES string of the molecule is CCCCCOC(=O)C(OC=O)(C(=O)OC(C)CC)C(C)C. The van der Waals surface area contributed by atoms with Gasteiger partial charge in [-0.15, -0.1) is 0 Å². The second-order valence-electron chi connectivity index (χ2n) is 5.57. The Balaban J connectivity index is 5.17. The molecule has 0 heterocycles. The predicted octanol–water partition coefficient (Wildman–Crippen LogP) is 2.63. The Kier molecular flexibility index (Phi) is 9.45. The third-order valence-electron chi connectivity index (χ3n) is 3.52. The molecule has 0 radical (unpaired) electrons. The van der Waals surface area contributed by atoms with Gasteiger partial charge in [0.25, 0.3) is 6.47 Å². The van der Waals surface area contributed by atoms with Crippen LogP contribution in [-0.2, 0) is 28.6 Å². The molecule has 0 aliphatic heterocycles. The normalized spacial score (nSPS) is 14.8. The van der Waals surface area contributed by atoms with Crippen LogP contribution in [0.3, 0.4) is 0 Å². The Bertz CT molecular complexity index is 366. The van der Waals surface area contributed by atoms with Crippen LogP contribution in [0.25, 0.3) is 0 Å². The third-order valence-corrected chi connectivity index (χ3v) is 3.52. The van der Waals surface area contributed by atoms with E-state index in [-0.39, 0.29) is 19.2 Å². The molecule has 0 aromatic heterocycles. The molecule has 128 valence electrons. The molecule has 6 heteroatoms. The van der Waals surface area contributed by atoms with Crippen molar-refractivity contribution >= 4 is 18.4 Å². The van der Waals surface area contributed by atoms with Crippen molar-refractivity contribution in [3.8, 4) is 0 Å². The minimum absolute atomic E-state index is 0.0885. The fraction of sp³-hybridized carbons (Fsp3) is 0.812. The van der Waals surface area contributed by atoms with Gasteiger partial charge in [-0.1, -0.05) is 40.5 Å². The summed E-state index contributed by atoms with van der Waals surface area (Å²) in [6.07, 6.45) is 2.79. The first-order valence-corrected chi connectivity index (χ1v) is 7.86. The molecule has 0 aliphatic rings. The quantitative estimate of drug-likeness (QED) is 0.192. The highest BCUT2D eigenvalue weighted by atomic mass is 16.6. The summed E-state index contributed by atoms with van der Waals surface area (Å²) in [6.45, 7) is 9.06. The van der Waals surface area contributed by atoms with Crippen molar-refractivity contribution in [3.63, 3.8) is 0 Å².